The van der Waals surface area contributed by atoms with Gasteiger partial charge in [-0.25, -0.2) is 0 Å². The van der Waals surface area contributed by atoms with Crippen molar-refractivity contribution in [2.45, 2.75) is 39.3 Å². The van der Waals surface area contributed by atoms with Crippen molar-refractivity contribution < 1.29 is 4.79 Å². The van der Waals surface area contributed by atoms with Crippen LogP contribution in [-0.2, 0) is 11.3 Å². The van der Waals surface area contributed by atoms with E-state index >= 15 is 0 Å². The summed E-state index contributed by atoms with van der Waals surface area (Å²) < 4.78 is 0. The fraction of sp³-hybridized carbons (Fsp3) is 0.538. The normalized spacial score (nSPS) is 16.6. The van der Waals surface area contributed by atoms with Gasteiger partial charge in [-0.3, -0.25) is 4.79 Å². The molecule has 0 spiro atoms. The predicted octanol–water partition coefficient (Wildman–Crippen LogP) is 2.79. The standard InChI is InChI=1S/C13H16N2OS/c1-10(2)15(8-11-4-3-7-17-11)12(16)13(9-14)5-6-13/h3-4,7,10H,5-6,8H2,1-2H3. The van der Waals surface area contributed by atoms with Crippen LogP contribution in [0.1, 0.15) is 31.6 Å². The van der Waals surface area contributed by atoms with Crippen LogP contribution in [0.15, 0.2) is 17.5 Å². The number of rotatable bonds is 4. The molecule has 1 aliphatic rings. The van der Waals surface area contributed by atoms with E-state index in [1.807, 2.05) is 36.3 Å². The SMILES string of the molecule is CC(C)N(Cc1cccs1)C(=O)C1(C#N)CC1. The molecule has 3 nitrogen and oxygen atoms in total. The zero-order valence-electron chi connectivity index (χ0n) is 10.1. The van der Waals surface area contributed by atoms with Crippen LogP contribution in [0, 0.1) is 16.7 Å². The number of hydrogen-bond donors (Lipinski definition) is 0. The van der Waals surface area contributed by atoms with Gasteiger partial charge >= 0.3 is 0 Å². The lowest BCUT2D eigenvalue weighted by atomic mass is 10.1. The molecule has 0 radical (unpaired) electrons. The zero-order valence-corrected chi connectivity index (χ0v) is 11.0. The maximum atomic E-state index is 12.3. The largest absolute Gasteiger partial charge is 0.334 e. The monoisotopic (exact) mass is 248 g/mol. The lowest BCUT2D eigenvalue weighted by Gasteiger charge is -2.28. The summed E-state index contributed by atoms with van der Waals surface area (Å²) in [5.74, 6) is 0.00315. The quantitative estimate of drug-likeness (QED) is 0.822. The Labute approximate surface area is 106 Å². The van der Waals surface area contributed by atoms with Gasteiger partial charge in [0.1, 0.15) is 5.41 Å². The van der Waals surface area contributed by atoms with Crippen LogP contribution in [0.4, 0.5) is 0 Å². The van der Waals surface area contributed by atoms with E-state index < -0.39 is 5.41 Å². The summed E-state index contributed by atoms with van der Waals surface area (Å²) in [6, 6.07) is 6.33. The first-order valence-corrected chi connectivity index (χ1v) is 6.72. The summed E-state index contributed by atoms with van der Waals surface area (Å²) in [5, 5.41) is 11.1. The molecular formula is C13H16N2OS. The van der Waals surface area contributed by atoms with E-state index in [0.717, 1.165) is 12.8 Å². The van der Waals surface area contributed by atoms with Gasteiger partial charge in [-0.05, 0) is 38.1 Å². The van der Waals surface area contributed by atoms with Crippen LogP contribution in [-0.4, -0.2) is 16.8 Å². The van der Waals surface area contributed by atoms with Gasteiger partial charge in [0, 0.05) is 10.9 Å². The molecule has 1 aromatic heterocycles. The first-order chi connectivity index (χ1) is 8.09. The van der Waals surface area contributed by atoms with Crippen molar-refractivity contribution in [2.24, 2.45) is 5.41 Å². The topological polar surface area (TPSA) is 44.1 Å². The number of hydrogen-bond acceptors (Lipinski definition) is 3. The highest BCUT2D eigenvalue weighted by Gasteiger charge is 2.52. The Morgan fingerprint density at radius 2 is 2.35 bits per heavy atom. The van der Waals surface area contributed by atoms with Crippen LogP contribution in [0.25, 0.3) is 0 Å². The smallest absolute Gasteiger partial charge is 0.243 e. The first-order valence-electron chi connectivity index (χ1n) is 5.84. The Bertz CT molecular complexity index is 440. The predicted molar refractivity (Wildman–Crippen MR) is 67.3 cm³/mol. The van der Waals surface area contributed by atoms with Crippen molar-refractivity contribution in [2.75, 3.05) is 0 Å². The zero-order chi connectivity index (χ0) is 12.5. The van der Waals surface area contributed by atoms with Gasteiger partial charge in [0.2, 0.25) is 5.91 Å². The van der Waals surface area contributed by atoms with E-state index in [0.29, 0.717) is 6.54 Å². The van der Waals surface area contributed by atoms with E-state index in [1.54, 1.807) is 11.3 Å². The maximum absolute atomic E-state index is 12.3. The molecule has 90 valence electrons. The molecule has 1 fully saturated rings. The molecule has 1 aliphatic carbocycles. The highest BCUT2D eigenvalue weighted by molar-refractivity contribution is 7.09. The highest BCUT2D eigenvalue weighted by atomic mass is 32.1. The number of carbonyl (C=O) groups is 1. The number of nitrogens with zero attached hydrogens (tertiary/aromatic N) is 2. The number of thiophene rings is 1. The maximum Gasteiger partial charge on any atom is 0.243 e. The minimum absolute atomic E-state index is 0.00315. The molecule has 0 bridgehead atoms. The average Bonchev–Trinajstić information content (AvgIpc) is 2.95. The minimum atomic E-state index is -0.707. The lowest BCUT2D eigenvalue weighted by Crippen LogP contribution is -2.40. The summed E-state index contributed by atoms with van der Waals surface area (Å²) in [5.41, 5.74) is -0.707. The third-order valence-corrected chi connectivity index (χ3v) is 4.03. The van der Waals surface area contributed by atoms with Crippen LogP contribution in [0.3, 0.4) is 0 Å². The lowest BCUT2D eigenvalue weighted by molar-refractivity contribution is -0.137. The van der Waals surface area contributed by atoms with Gasteiger partial charge in [-0.2, -0.15) is 5.26 Å². The fourth-order valence-electron chi connectivity index (χ4n) is 1.83. The number of nitriles is 1. The Balaban J connectivity index is 2.13. The summed E-state index contributed by atoms with van der Waals surface area (Å²) in [6.45, 7) is 4.62. The Hall–Kier alpha value is -1.34. The second kappa shape index (κ2) is 4.50. The second-order valence-electron chi connectivity index (χ2n) is 4.80. The Morgan fingerprint density at radius 1 is 1.65 bits per heavy atom. The molecule has 0 N–H and O–H groups in total. The van der Waals surface area contributed by atoms with Crippen molar-refractivity contribution in [3.05, 3.63) is 22.4 Å². The van der Waals surface area contributed by atoms with Crippen LogP contribution < -0.4 is 0 Å². The van der Waals surface area contributed by atoms with Crippen molar-refractivity contribution in [1.29, 1.82) is 5.26 Å². The number of carbonyl (C=O) groups excluding carboxylic acids is 1. The van der Waals surface area contributed by atoms with Gasteiger partial charge in [0.25, 0.3) is 0 Å². The third-order valence-electron chi connectivity index (χ3n) is 3.16. The van der Waals surface area contributed by atoms with Gasteiger partial charge in [0.05, 0.1) is 12.6 Å². The van der Waals surface area contributed by atoms with Gasteiger partial charge in [-0.15, -0.1) is 11.3 Å². The molecule has 0 atom stereocenters. The van der Waals surface area contributed by atoms with E-state index in [4.69, 9.17) is 5.26 Å². The van der Waals surface area contributed by atoms with Gasteiger partial charge in [-0.1, -0.05) is 6.07 Å². The molecule has 0 aliphatic heterocycles. The molecule has 1 amide bonds. The summed E-state index contributed by atoms with van der Waals surface area (Å²) >= 11 is 1.65. The van der Waals surface area contributed by atoms with E-state index in [2.05, 4.69) is 6.07 Å². The highest BCUT2D eigenvalue weighted by Crippen LogP contribution is 2.47. The van der Waals surface area contributed by atoms with E-state index in [1.165, 1.54) is 4.88 Å². The summed E-state index contributed by atoms with van der Waals surface area (Å²) in [4.78, 5) is 15.3. The summed E-state index contributed by atoms with van der Waals surface area (Å²) in [6.07, 6.45) is 1.44. The molecule has 0 unspecified atom stereocenters. The van der Waals surface area contributed by atoms with Crippen LogP contribution in [0.5, 0.6) is 0 Å². The third kappa shape index (κ3) is 2.34. The Morgan fingerprint density at radius 3 is 2.76 bits per heavy atom. The second-order valence-corrected chi connectivity index (χ2v) is 5.83. The molecule has 0 aromatic carbocycles. The molecule has 1 saturated carbocycles. The molecular weight excluding hydrogens is 232 g/mol. The minimum Gasteiger partial charge on any atom is -0.334 e. The first kappa shape index (κ1) is 12.1. The molecule has 0 saturated heterocycles. The van der Waals surface area contributed by atoms with Crippen LogP contribution in [0.2, 0.25) is 0 Å². The molecule has 17 heavy (non-hydrogen) atoms. The molecule has 2 rings (SSSR count). The van der Waals surface area contributed by atoms with Crippen LogP contribution >= 0.6 is 11.3 Å². The Kier molecular flexibility index (Phi) is 3.21. The van der Waals surface area contributed by atoms with Crippen molar-refractivity contribution in [3.63, 3.8) is 0 Å². The van der Waals surface area contributed by atoms with E-state index in [-0.39, 0.29) is 11.9 Å². The number of amides is 1. The molecule has 1 aromatic rings. The van der Waals surface area contributed by atoms with E-state index in [9.17, 15) is 4.79 Å². The van der Waals surface area contributed by atoms with Gasteiger partial charge in [0.15, 0.2) is 0 Å². The average molecular weight is 248 g/mol. The molecule has 1 heterocycles. The fourth-order valence-corrected chi connectivity index (χ4v) is 2.54. The van der Waals surface area contributed by atoms with Crippen molar-refractivity contribution >= 4 is 17.2 Å². The van der Waals surface area contributed by atoms with Crippen molar-refractivity contribution in [1.82, 2.24) is 4.90 Å². The van der Waals surface area contributed by atoms with Crippen molar-refractivity contribution in [3.8, 4) is 6.07 Å². The van der Waals surface area contributed by atoms with Gasteiger partial charge < -0.3 is 4.90 Å². The summed E-state index contributed by atoms with van der Waals surface area (Å²) in [7, 11) is 0. The molecule has 4 heteroatoms.